The number of ether oxygens (including phenoxy) is 1. The third-order valence-electron chi connectivity index (χ3n) is 5.25. The van der Waals surface area contributed by atoms with Crippen molar-refractivity contribution in [2.24, 2.45) is 23.5 Å². The fourth-order valence-corrected chi connectivity index (χ4v) is 3.60. The summed E-state index contributed by atoms with van der Waals surface area (Å²) in [7, 11) is 0. The Kier molecular flexibility index (Phi) is 5.67. The summed E-state index contributed by atoms with van der Waals surface area (Å²) >= 11 is 0. The monoisotopic (exact) mass is 296 g/mol. The van der Waals surface area contributed by atoms with Gasteiger partial charge in [0.15, 0.2) is 0 Å². The molecule has 0 aromatic heterocycles. The van der Waals surface area contributed by atoms with Crippen LogP contribution in [0.3, 0.4) is 0 Å². The lowest BCUT2D eigenvalue weighted by Crippen LogP contribution is -2.58. The molecule has 4 heteroatoms. The molecule has 2 atom stereocenters. The van der Waals surface area contributed by atoms with Gasteiger partial charge in [0.25, 0.3) is 0 Å². The van der Waals surface area contributed by atoms with E-state index in [-0.39, 0.29) is 5.97 Å². The first-order valence-electron chi connectivity index (χ1n) is 8.65. The molecule has 1 aliphatic heterocycles. The molecule has 2 aliphatic rings. The standard InChI is InChI=1S/C17H32N2O2/c1-4-21-16(20)17(18,15-7-8-15)12-19-10-5-6-14(9-11-19)13(2)3/h13-15H,4-12,18H2,1-3H3. The van der Waals surface area contributed by atoms with Crippen LogP contribution in [0.25, 0.3) is 0 Å². The van der Waals surface area contributed by atoms with Crippen molar-refractivity contribution >= 4 is 5.97 Å². The van der Waals surface area contributed by atoms with Crippen molar-refractivity contribution in [3.63, 3.8) is 0 Å². The number of likely N-dealkylation sites (tertiary alicyclic amines) is 1. The van der Waals surface area contributed by atoms with Crippen molar-refractivity contribution in [3.05, 3.63) is 0 Å². The van der Waals surface area contributed by atoms with Crippen molar-refractivity contribution in [1.82, 2.24) is 4.90 Å². The van der Waals surface area contributed by atoms with E-state index in [1.165, 1.54) is 19.3 Å². The van der Waals surface area contributed by atoms with Gasteiger partial charge in [0.1, 0.15) is 5.54 Å². The first-order chi connectivity index (χ1) is 9.97. The number of nitrogens with zero attached hydrogens (tertiary/aromatic N) is 1. The largest absolute Gasteiger partial charge is 0.465 e. The van der Waals surface area contributed by atoms with E-state index in [0.717, 1.165) is 37.8 Å². The summed E-state index contributed by atoms with van der Waals surface area (Å²) in [5, 5.41) is 0. The van der Waals surface area contributed by atoms with Gasteiger partial charge in [-0.15, -0.1) is 0 Å². The predicted molar refractivity (Wildman–Crippen MR) is 84.9 cm³/mol. The molecule has 1 saturated carbocycles. The second-order valence-electron chi connectivity index (χ2n) is 7.25. The first-order valence-corrected chi connectivity index (χ1v) is 8.65. The zero-order valence-corrected chi connectivity index (χ0v) is 13.9. The van der Waals surface area contributed by atoms with Gasteiger partial charge in [-0.2, -0.15) is 0 Å². The molecule has 0 amide bonds. The van der Waals surface area contributed by atoms with Crippen LogP contribution < -0.4 is 5.73 Å². The van der Waals surface area contributed by atoms with Crippen LogP contribution in [-0.2, 0) is 9.53 Å². The van der Waals surface area contributed by atoms with E-state index in [1.54, 1.807) is 0 Å². The van der Waals surface area contributed by atoms with Crippen molar-refractivity contribution < 1.29 is 9.53 Å². The number of hydrogen-bond donors (Lipinski definition) is 1. The molecule has 0 aromatic rings. The van der Waals surface area contributed by atoms with Crippen LogP contribution in [0, 0.1) is 17.8 Å². The van der Waals surface area contributed by atoms with Crippen LogP contribution in [0.1, 0.15) is 52.9 Å². The highest BCUT2D eigenvalue weighted by Gasteiger charge is 2.50. The second-order valence-corrected chi connectivity index (χ2v) is 7.25. The molecule has 0 radical (unpaired) electrons. The molecule has 0 bridgehead atoms. The van der Waals surface area contributed by atoms with Gasteiger partial charge in [-0.05, 0) is 69.9 Å². The zero-order chi connectivity index (χ0) is 15.5. The molecule has 122 valence electrons. The number of carbonyl (C=O) groups is 1. The Morgan fingerprint density at radius 1 is 1.29 bits per heavy atom. The van der Waals surface area contributed by atoms with Crippen LogP contribution in [0.5, 0.6) is 0 Å². The minimum atomic E-state index is -0.784. The van der Waals surface area contributed by atoms with E-state index in [0.29, 0.717) is 19.1 Å². The maximum absolute atomic E-state index is 12.3. The van der Waals surface area contributed by atoms with Gasteiger partial charge in [-0.3, -0.25) is 0 Å². The van der Waals surface area contributed by atoms with E-state index in [1.807, 2.05) is 6.92 Å². The van der Waals surface area contributed by atoms with Crippen molar-refractivity contribution in [2.45, 2.75) is 58.4 Å². The van der Waals surface area contributed by atoms with Gasteiger partial charge >= 0.3 is 5.97 Å². The first kappa shape index (κ1) is 16.8. The number of hydrogen-bond acceptors (Lipinski definition) is 4. The summed E-state index contributed by atoms with van der Waals surface area (Å²) < 4.78 is 5.25. The van der Waals surface area contributed by atoms with Crippen LogP contribution in [0.2, 0.25) is 0 Å². The summed E-state index contributed by atoms with van der Waals surface area (Å²) in [5.41, 5.74) is 5.71. The fourth-order valence-electron chi connectivity index (χ4n) is 3.60. The SMILES string of the molecule is CCOC(=O)C(N)(CN1CCCC(C(C)C)CC1)C1CC1. The number of esters is 1. The van der Waals surface area contributed by atoms with Crippen molar-refractivity contribution in [3.8, 4) is 0 Å². The molecule has 4 nitrogen and oxygen atoms in total. The van der Waals surface area contributed by atoms with Crippen LogP contribution in [0.4, 0.5) is 0 Å². The summed E-state index contributed by atoms with van der Waals surface area (Å²) in [5.74, 6) is 1.68. The molecule has 0 spiro atoms. The van der Waals surface area contributed by atoms with Crippen molar-refractivity contribution in [2.75, 3.05) is 26.2 Å². The topological polar surface area (TPSA) is 55.6 Å². The average molecular weight is 296 g/mol. The Morgan fingerprint density at radius 3 is 2.57 bits per heavy atom. The molecule has 2 unspecified atom stereocenters. The van der Waals surface area contributed by atoms with Crippen LogP contribution in [0.15, 0.2) is 0 Å². The van der Waals surface area contributed by atoms with Gasteiger partial charge < -0.3 is 15.4 Å². The van der Waals surface area contributed by atoms with Gasteiger partial charge in [-0.25, -0.2) is 4.79 Å². The number of carbonyl (C=O) groups excluding carboxylic acids is 1. The Labute approximate surface area is 129 Å². The van der Waals surface area contributed by atoms with Crippen LogP contribution in [-0.4, -0.2) is 42.6 Å². The van der Waals surface area contributed by atoms with Crippen LogP contribution >= 0.6 is 0 Å². The van der Waals surface area contributed by atoms with E-state index in [4.69, 9.17) is 10.5 Å². The molecule has 2 fully saturated rings. The maximum Gasteiger partial charge on any atom is 0.327 e. The lowest BCUT2D eigenvalue weighted by atomic mass is 9.89. The molecule has 1 saturated heterocycles. The summed E-state index contributed by atoms with van der Waals surface area (Å²) in [6.07, 6.45) is 5.87. The van der Waals surface area contributed by atoms with Gasteiger partial charge in [0.05, 0.1) is 6.61 Å². The fraction of sp³-hybridized carbons (Fsp3) is 0.941. The minimum Gasteiger partial charge on any atom is -0.465 e. The highest BCUT2D eigenvalue weighted by molar-refractivity contribution is 5.82. The van der Waals surface area contributed by atoms with E-state index >= 15 is 0 Å². The highest BCUT2D eigenvalue weighted by atomic mass is 16.5. The Morgan fingerprint density at radius 2 is 2.00 bits per heavy atom. The molecule has 1 aliphatic carbocycles. The lowest BCUT2D eigenvalue weighted by molar-refractivity contribution is -0.151. The van der Waals surface area contributed by atoms with Crippen molar-refractivity contribution in [1.29, 1.82) is 0 Å². The van der Waals surface area contributed by atoms with E-state index in [9.17, 15) is 4.79 Å². The molecular formula is C17H32N2O2. The normalized spacial score (nSPS) is 27.2. The molecule has 21 heavy (non-hydrogen) atoms. The average Bonchev–Trinajstić information content (AvgIpc) is 3.26. The lowest BCUT2D eigenvalue weighted by Gasteiger charge is -2.33. The molecule has 1 heterocycles. The van der Waals surface area contributed by atoms with Gasteiger partial charge in [0.2, 0.25) is 0 Å². The quantitative estimate of drug-likeness (QED) is 0.765. The predicted octanol–water partition coefficient (Wildman–Crippen LogP) is 2.42. The maximum atomic E-state index is 12.3. The van der Waals surface area contributed by atoms with E-state index < -0.39 is 5.54 Å². The highest BCUT2D eigenvalue weighted by Crippen LogP contribution is 2.40. The smallest absolute Gasteiger partial charge is 0.327 e. The summed E-state index contributed by atoms with van der Waals surface area (Å²) in [6, 6.07) is 0. The van der Waals surface area contributed by atoms with Gasteiger partial charge in [0, 0.05) is 6.54 Å². The Hall–Kier alpha value is -0.610. The minimum absolute atomic E-state index is 0.197. The Balaban J connectivity index is 1.96. The third kappa shape index (κ3) is 4.19. The number of nitrogens with two attached hydrogens (primary N) is 1. The molecule has 0 aromatic carbocycles. The molecule has 2 N–H and O–H groups in total. The third-order valence-corrected chi connectivity index (χ3v) is 5.25. The van der Waals surface area contributed by atoms with Gasteiger partial charge in [-0.1, -0.05) is 13.8 Å². The zero-order valence-electron chi connectivity index (χ0n) is 13.9. The molecular weight excluding hydrogens is 264 g/mol. The number of rotatable bonds is 6. The van der Waals surface area contributed by atoms with E-state index in [2.05, 4.69) is 18.7 Å². The summed E-state index contributed by atoms with van der Waals surface area (Å²) in [6.45, 7) is 9.70. The summed E-state index contributed by atoms with van der Waals surface area (Å²) in [4.78, 5) is 14.7. The Bertz CT molecular complexity index is 355. The molecule has 2 rings (SSSR count). The second kappa shape index (κ2) is 7.10.